The van der Waals surface area contributed by atoms with Crippen molar-refractivity contribution < 1.29 is 18.4 Å². The van der Waals surface area contributed by atoms with Crippen LogP contribution in [0.5, 0.6) is 0 Å². The van der Waals surface area contributed by atoms with Gasteiger partial charge in [0, 0.05) is 32.1 Å². The summed E-state index contributed by atoms with van der Waals surface area (Å²) in [5.41, 5.74) is 0.522. The van der Waals surface area contributed by atoms with Crippen LogP contribution in [0.2, 0.25) is 0 Å². The van der Waals surface area contributed by atoms with Gasteiger partial charge in [-0.15, -0.1) is 0 Å². The van der Waals surface area contributed by atoms with Crippen molar-refractivity contribution in [1.29, 1.82) is 0 Å². The molecule has 1 aromatic carbocycles. The minimum absolute atomic E-state index is 0.0120. The smallest absolute Gasteiger partial charge is 0.242 e. The first-order valence-electron chi connectivity index (χ1n) is 9.52. The second-order valence-electron chi connectivity index (χ2n) is 7.39. The van der Waals surface area contributed by atoms with E-state index in [1.54, 1.807) is 4.90 Å². The van der Waals surface area contributed by atoms with E-state index in [4.69, 9.17) is 0 Å². The van der Waals surface area contributed by atoms with Crippen LogP contribution in [0, 0.1) is 17.6 Å². The van der Waals surface area contributed by atoms with Gasteiger partial charge >= 0.3 is 0 Å². The summed E-state index contributed by atoms with van der Waals surface area (Å²) < 4.78 is 26.8. The molecule has 0 N–H and O–H groups in total. The number of benzene rings is 1. The van der Waals surface area contributed by atoms with Gasteiger partial charge in [0.1, 0.15) is 11.6 Å². The normalized spacial score (nSPS) is 21.2. The lowest BCUT2D eigenvalue weighted by atomic mass is 9.91. The van der Waals surface area contributed by atoms with Crippen LogP contribution < -0.4 is 0 Å². The Kier molecular flexibility index (Phi) is 6.22. The fraction of sp³-hybridized carbons (Fsp3) is 0.600. The van der Waals surface area contributed by atoms with Crippen molar-refractivity contribution in [3.63, 3.8) is 0 Å². The third kappa shape index (κ3) is 4.80. The minimum Gasteiger partial charge on any atom is -0.341 e. The zero-order valence-electron chi connectivity index (χ0n) is 15.1. The molecule has 2 saturated heterocycles. The highest BCUT2D eigenvalue weighted by molar-refractivity contribution is 5.85. The Morgan fingerprint density at radius 3 is 2.77 bits per heavy atom. The number of aryl methyl sites for hydroxylation is 1. The molecule has 0 aliphatic carbocycles. The molecule has 0 bridgehead atoms. The molecule has 2 aliphatic heterocycles. The van der Waals surface area contributed by atoms with E-state index in [2.05, 4.69) is 0 Å². The number of amides is 2. The molecule has 2 heterocycles. The van der Waals surface area contributed by atoms with Gasteiger partial charge in [-0.05, 0) is 56.1 Å². The second kappa shape index (κ2) is 8.60. The molecule has 0 unspecified atom stereocenters. The Hall–Kier alpha value is -1.98. The van der Waals surface area contributed by atoms with Crippen LogP contribution in [-0.4, -0.2) is 47.8 Å². The molecule has 0 radical (unpaired) electrons. The molecular formula is C20H26F2N2O2. The summed E-state index contributed by atoms with van der Waals surface area (Å²) in [6.45, 7) is 2.23. The van der Waals surface area contributed by atoms with E-state index >= 15 is 0 Å². The lowest BCUT2D eigenvalue weighted by Crippen LogP contribution is -2.47. The van der Waals surface area contributed by atoms with Gasteiger partial charge in [-0.1, -0.05) is 6.07 Å². The Bertz CT molecular complexity index is 665. The summed E-state index contributed by atoms with van der Waals surface area (Å²) in [7, 11) is 0. The molecule has 2 amide bonds. The predicted octanol–water partition coefficient (Wildman–Crippen LogP) is 3.15. The molecule has 2 fully saturated rings. The fourth-order valence-corrected chi connectivity index (χ4v) is 3.90. The molecule has 4 nitrogen and oxygen atoms in total. The number of nitrogens with zero attached hydrogens (tertiary/aromatic N) is 2. The molecule has 6 heteroatoms. The van der Waals surface area contributed by atoms with Crippen LogP contribution in [0.25, 0.3) is 0 Å². The average Bonchev–Trinajstić information content (AvgIpc) is 2.63. The van der Waals surface area contributed by atoms with E-state index < -0.39 is 11.6 Å². The number of carbonyl (C=O) groups is 2. The first-order valence-corrected chi connectivity index (χ1v) is 9.52. The molecule has 26 heavy (non-hydrogen) atoms. The molecule has 1 aromatic rings. The maximum atomic E-state index is 13.8. The Morgan fingerprint density at radius 1 is 1.15 bits per heavy atom. The molecule has 0 aromatic heterocycles. The topological polar surface area (TPSA) is 40.6 Å². The fourth-order valence-electron chi connectivity index (χ4n) is 3.90. The van der Waals surface area contributed by atoms with Crippen LogP contribution >= 0.6 is 0 Å². The van der Waals surface area contributed by atoms with Crippen LogP contribution in [0.4, 0.5) is 8.78 Å². The van der Waals surface area contributed by atoms with Crippen LogP contribution in [0.3, 0.4) is 0 Å². The number of halogens is 2. The number of rotatable bonds is 5. The highest BCUT2D eigenvalue weighted by Crippen LogP contribution is 2.23. The Balaban J connectivity index is 1.50. The van der Waals surface area contributed by atoms with Gasteiger partial charge in [-0.25, -0.2) is 8.78 Å². The first-order chi connectivity index (χ1) is 12.5. The molecular weight excluding hydrogens is 338 g/mol. The van der Waals surface area contributed by atoms with Gasteiger partial charge in [0.25, 0.3) is 0 Å². The van der Waals surface area contributed by atoms with Crippen molar-refractivity contribution in [2.75, 3.05) is 26.2 Å². The molecule has 2 aliphatic rings. The summed E-state index contributed by atoms with van der Waals surface area (Å²) in [6, 6.07) is 3.70. The molecule has 3 rings (SSSR count). The van der Waals surface area contributed by atoms with Gasteiger partial charge < -0.3 is 9.80 Å². The Morgan fingerprint density at radius 2 is 2.00 bits per heavy atom. The molecule has 0 spiro atoms. The minimum atomic E-state index is -0.562. The van der Waals surface area contributed by atoms with E-state index in [1.807, 2.05) is 4.90 Å². The van der Waals surface area contributed by atoms with Gasteiger partial charge in [-0.3, -0.25) is 9.59 Å². The van der Waals surface area contributed by atoms with Gasteiger partial charge in [0.2, 0.25) is 11.8 Å². The highest BCUT2D eigenvalue weighted by Gasteiger charge is 2.27. The summed E-state index contributed by atoms with van der Waals surface area (Å²) in [6.07, 6.45) is 5.67. The van der Waals surface area contributed by atoms with Gasteiger partial charge in [0.05, 0.1) is 6.54 Å². The zero-order valence-corrected chi connectivity index (χ0v) is 15.1. The summed E-state index contributed by atoms with van der Waals surface area (Å²) >= 11 is 0. The van der Waals surface area contributed by atoms with Gasteiger partial charge in [-0.2, -0.15) is 0 Å². The number of piperidine rings is 2. The highest BCUT2D eigenvalue weighted by atomic mass is 19.1. The predicted molar refractivity (Wildman–Crippen MR) is 94.4 cm³/mol. The number of carbonyl (C=O) groups excluding carboxylic acids is 2. The molecule has 142 valence electrons. The summed E-state index contributed by atoms with van der Waals surface area (Å²) in [4.78, 5) is 28.0. The monoisotopic (exact) mass is 364 g/mol. The van der Waals surface area contributed by atoms with E-state index in [0.29, 0.717) is 37.4 Å². The third-order valence-electron chi connectivity index (χ3n) is 5.46. The van der Waals surface area contributed by atoms with Crippen molar-refractivity contribution in [3.05, 3.63) is 35.4 Å². The van der Waals surface area contributed by atoms with Crippen molar-refractivity contribution in [2.45, 2.75) is 44.9 Å². The molecule has 1 atom stereocenters. The maximum absolute atomic E-state index is 13.8. The Labute approximate surface area is 153 Å². The number of likely N-dealkylation sites (tertiary alicyclic amines) is 2. The maximum Gasteiger partial charge on any atom is 0.242 e. The van der Waals surface area contributed by atoms with E-state index in [-0.39, 0.29) is 18.4 Å². The lowest BCUT2D eigenvalue weighted by Gasteiger charge is -2.35. The zero-order chi connectivity index (χ0) is 18.5. The third-order valence-corrected chi connectivity index (χ3v) is 5.46. The standard InChI is InChI=1S/C20H26F2N2O2/c21-17-9-8-16(18(22)12-17)7-6-15-4-3-11-23(13-15)20(26)14-24-10-2-1-5-19(24)25/h8-9,12,15H,1-7,10-11,13-14H2/t15-/m0/s1. The average molecular weight is 364 g/mol. The molecule has 0 saturated carbocycles. The summed E-state index contributed by atoms with van der Waals surface area (Å²) in [5.74, 6) is -0.664. The quantitative estimate of drug-likeness (QED) is 0.805. The van der Waals surface area contributed by atoms with Crippen molar-refractivity contribution in [2.24, 2.45) is 5.92 Å². The van der Waals surface area contributed by atoms with Crippen LogP contribution in [-0.2, 0) is 16.0 Å². The van der Waals surface area contributed by atoms with Crippen molar-refractivity contribution in [1.82, 2.24) is 9.80 Å². The number of hydrogen-bond acceptors (Lipinski definition) is 2. The first kappa shape index (κ1) is 18.8. The van der Waals surface area contributed by atoms with E-state index in [9.17, 15) is 18.4 Å². The second-order valence-corrected chi connectivity index (χ2v) is 7.39. The lowest BCUT2D eigenvalue weighted by molar-refractivity contribution is -0.142. The summed E-state index contributed by atoms with van der Waals surface area (Å²) in [5, 5.41) is 0. The number of hydrogen-bond donors (Lipinski definition) is 0. The van der Waals surface area contributed by atoms with E-state index in [0.717, 1.165) is 44.7 Å². The van der Waals surface area contributed by atoms with Crippen molar-refractivity contribution >= 4 is 11.8 Å². The van der Waals surface area contributed by atoms with Crippen molar-refractivity contribution in [3.8, 4) is 0 Å². The van der Waals surface area contributed by atoms with Crippen LogP contribution in [0.15, 0.2) is 18.2 Å². The SMILES string of the molecule is O=C1CCCCN1CC(=O)N1CCC[C@@H](CCc2ccc(F)cc2F)C1. The van der Waals surface area contributed by atoms with Crippen LogP contribution in [0.1, 0.15) is 44.1 Å². The van der Waals surface area contributed by atoms with E-state index in [1.165, 1.54) is 12.1 Å². The van der Waals surface area contributed by atoms with Gasteiger partial charge in [0.15, 0.2) is 0 Å². The largest absolute Gasteiger partial charge is 0.341 e.